The van der Waals surface area contributed by atoms with Crippen molar-refractivity contribution in [3.63, 3.8) is 0 Å². The van der Waals surface area contributed by atoms with Crippen LogP contribution < -0.4 is 5.73 Å². The highest BCUT2D eigenvalue weighted by Gasteiger charge is 2.35. The predicted octanol–water partition coefficient (Wildman–Crippen LogP) is 0.876. The number of carbonyl (C=O) groups is 1. The number of hydrogen-bond acceptors (Lipinski definition) is 3. The zero-order valence-electron chi connectivity index (χ0n) is 10.6. The standard InChI is InChI=1S/C13H24N2O2/c1-15(11-4-2-3-5-12(11)16)13(17)9-6-7-10(14)8-9/h9-12,16H,2-8,14H2,1H3. The summed E-state index contributed by atoms with van der Waals surface area (Å²) in [6.07, 6.45) is 6.29. The quantitative estimate of drug-likeness (QED) is 0.753. The van der Waals surface area contributed by atoms with Crippen molar-refractivity contribution in [2.24, 2.45) is 11.7 Å². The second-order valence-electron chi connectivity index (χ2n) is 5.64. The fourth-order valence-electron chi connectivity index (χ4n) is 3.24. The molecule has 2 fully saturated rings. The van der Waals surface area contributed by atoms with Gasteiger partial charge in [0.1, 0.15) is 0 Å². The Labute approximate surface area is 103 Å². The minimum Gasteiger partial charge on any atom is -0.391 e. The molecule has 4 heteroatoms. The number of aliphatic hydroxyl groups is 1. The molecule has 2 rings (SSSR count). The molecule has 0 aromatic heterocycles. The van der Waals surface area contributed by atoms with Gasteiger partial charge in [-0.15, -0.1) is 0 Å². The molecular formula is C13H24N2O2. The first-order chi connectivity index (χ1) is 8.09. The van der Waals surface area contributed by atoms with Gasteiger partial charge in [0.15, 0.2) is 0 Å². The third-order valence-corrected chi connectivity index (χ3v) is 4.36. The summed E-state index contributed by atoms with van der Waals surface area (Å²) in [5.74, 6) is 0.271. The normalized spacial score (nSPS) is 38.1. The second kappa shape index (κ2) is 5.36. The number of aliphatic hydroxyl groups excluding tert-OH is 1. The molecule has 0 bridgehead atoms. The van der Waals surface area contributed by atoms with Gasteiger partial charge in [-0.2, -0.15) is 0 Å². The van der Waals surface area contributed by atoms with Crippen LogP contribution in [-0.2, 0) is 4.79 Å². The molecule has 2 saturated carbocycles. The first kappa shape index (κ1) is 12.8. The highest BCUT2D eigenvalue weighted by Crippen LogP contribution is 2.29. The van der Waals surface area contributed by atoms with Gasteiger partial charge in [-0.3, -0.25) is 4.79 Å². The van der Waals surface area contributed by atoms with E-state index in [1.54, 1.807) is 4.90 Å². The highest BCUT2D eigenvalue weighted by atomic mass is 16.3. The van der Waals surface area contributed by atoms with E-state index in [1.165, 1.54) is 0 Å². The number of hydrogen-bond donors (Lipinski definition) is 2. The Kier molecular flexibility index (Phi) is 4.05. The molecule has 98 valence electrons. The Morgan fingerprint density at radius 3 is 2.53 bits per heavy atom. The summed E-state index contributed by atoms with van der Waals surface area (Å²) >= 11 is 0. The fraction of sp³-hybridized carbons (Fsp3) is 0.923. The van der Waals surface area contributed by atoms with Crippen LogP contribution in [0.15, 0.2) is 0 Å². The van der Waals surface area contributed by atoms with Crippen molar-refractivity contribution in [1.29, 1.82) is 0 Å². The van der Waals surface area contributed by atoms with Crippen LogP contribution in [0.2, 0.25) is 0 Å². The Balaban J connectivity index is 1.94. The van der Waals surface area contributed by atoms with Gasteiger partial charge in [0.05, 0.1) is 12.1 Å². The molecule has 4 nitrogen and oxygen atoms in total. The summed E-state index contributed by atoms with van der Waals surface area (Å²) in [6, 6.07) is 0.210. The number of likely N-dealkylation sites (N-methyl/N-ethyl adjacent to an activating group) is 1. The molecule has 0 aromatic rings. The van der Waals surface area contributed by atoms with E-state index in [9.17, 15) is 9.90 Å². The van der Waals surface area contributed by atoms with E-state index in [0.717, 1.165) is 44.9 Å². The molecule has 2 aliphatic carbocycles. The van der Waals surface area contributed by atoms with Gasteiger partial charge in [-0.25, -0.2) is 0 Å². The number of nitrogens with zero attached hydrogens (tertiary/aromatic N) is 1. The summed E-state index contributed by atoms with van der Waals surface area (Å²) in [6.45, 7) is 0. The maximum Gasteiger partial charge on any atom is 0.225 e. The minimum absolute atomic E-state index is 0.0214. The van der Waals surface area contributed by atoms with Gasteiger partial charge >= 0.3 is 0 Å². The third kappa shape index (κ3) is 2.80. The van der Waals surface area contributed by atoms with Crippen molar-refractivity contribution in [3.8, 4) is 0 Å². The Bertz CT molecular complexity index is 283. The smallest absolute Gasteiger partial charge is 0.225 e. The van der Waals surface area contributed by atoms with Crippen LogP contribution in [0.1, 0.15) is 44.9 Å². The van der Waals surface area contributed by atoms with Crippen LogP contribution in [0.5, 0.6) is 0 Å². The molecule has 3 N–H and O–H groups in total. The van der Waals surface area contributed by atoms with Gasteiger partial charge in [0, 0.05) is 19.0 Å². The van der Waals surface area contributed by atoms with Crippen molar-refractivity contribution >= 4 is 5.91 Å². The summed E-state index contributed by atoms with van der Waals surface area (Å²) in [7, 11) is 1.84. The van der Waals surface area contributed by atoms with Crippen LogP contribution in [0, 0.1) is 5.92 Å². The molecular weight excluding hydrogens is 216 g/mol. The molecule has 0 radical (unpaired) electrons. The number of rotatable bonds is 2. The van der Waals surface area contributed by atoms with Crippen LogP contribution in [0.25, 0.3) is 0 Å². The Morgan fingerprint density at radius 2 is 1.94 bits per heavy atom. The largest absolute Gasteiger partial charge is 0.391 e. The van der Waals surface area contributed by atoms with Gasteiger partial charge in [0.25, 0.3) is 0 Å². The van der Waals surface area contributed by atoms with E-state index in [4.69, 9.17) is 5.73 Å². The van der Waals surface area contributed by atoms with E-state index < -0.39 is 0 Å². The lowest BCUT2D eigenvalue weighted by atomic mass is 9.90. The molecule has 0 aromatic carbocycles. The van der Waals surface area contributed by atoms with Gasteiger partial charge in [0.2, 0.25) is 5.91 Å². The number of nitrogens with two attached hydrogens (primary N) is 1. The Morgan fingerprint density at radius 1 is 1.24 bits per heavy atom. The summed E-state index contributed by atoms with van der Waals surface area (Å²) in [5, 5.41) is 9.96. The average Bonchev–Trinajstić information content (AvgIpc) is 2.75. The van der Waals surface area contributed by atoms with Crippen LogP contribution in [0.4, 0.5) is 0 Å². The molecule has 2 aliphatic rings. The maximum atomic E-state index is 12.3. The zero-order valence-corrected chi connectivity index (χ0v) is 10.6. The first-order valence-electron chi connectivity index (χ1n) is 6.80. The first-order valence-corrected chi connectivity index (χ1v) is 6.80. The summed E-state index contributed by atoms with van der Waals surface area (Å²) in [5.41, 5.74) is 5.85. The zero-order chi connectivity index (χ0) is 12.4. The van der Waals surface area contributed by atoms with Crippen molar-refractivity contribution in [3.05, 3.63) is 0 Å². The lowest BCUT2D eigenvalue weighted by molar-refractivity contribution is -0.139. The van der Waals surface area contributed by atoms with Crippen LogP contribution in [0.3, 0.4) is 0 Å². The van der Waals surface area contributed by atoms with Crippen molar-refractivity contribution in [2.45, 2.75) is 63.1 Å². The topological polar surface area (TPSA) is 66.6 Å². The average molecular weight is 240 g/mol. The lowest BCUT2D eigenvalue weighted by Gasteiger charge is -2.36. The van der Waals surface area contributed by atoms with E-state index >= 15 is 0 Å². The molecule has 0 saturated heterocycles. The van der Waals surface area contributed by atoms with Crippen molar-refractivity contribution in [2.75, 3.05) is 7.05 Å². The second-order valence-corrected chi connectivity index (χ2v) is 5.64. The molecule has 0 spiro atoms. The van der Waals surface area contributed by atoms with E-state index in [0.29, 0.717) is 0 Å². The molecule has 4 atom stereocenters. The van der Waals surface area contributed by atoms with E-state index in [2.05, 4.69) is 0 Å². The maximum absolute atomic E-state index is 12.3. The van der Waals surface area contributed by atoms with Gasteiger partial charge in [-0.05, 0) is 32.1 Å². The van der Waals surface area contributed by atoms with E-state index in [-0.39, 0.29) is 30.0 Å². The summed E-state index contributed by atoms with van der Waals surface area (Å²) in [4.78, 5) is 14.1. The fourth-order valence-corrected chi connectivity index (χ4v) is 3.24. The summed E-state index contributed by atoms with van der Waals surface area (Å²) < 4.78 is 0. The van der Waals surface area contributed by atoms with Crippen LogP contribution >= 0.6 is 0 Å². The van der Waals surface area contributed by atoms with E-state index in [1.807, 2.05) is 7.05 Å². The van der Waals surface area contributed by atoms with Crippen LogP contribution in [-0.4, -0.2) is 41.1 Å². The Hall–Kier alpha value is -0.610. The molecule has 0 aliphatic heterocycles. The highest BCUT2D eigenvalue weighted by molar-refractivity contribution is 5.79. The number of amides is 1. The predicted molar refractivity (Wildman–Crippen MR) is 66.3 cm³/mol. The molecule has 1 amide bonds. The van der Waals surface area contributed by atoms with Crippen molar-refractivity contribution in [1.82, 2.24) is 4.90 Å². The molecule has 0 heterocycles. The van der Waals surface area contributed by atoms with Crippen molar-refractivity contribution < 1.29 is 9.90 Å². The van der Waals surface area contributed by atoms with Gasteiger partial charge in [-0.1, -0.05) is 12.8 Å². The molecule has 4 unspecified atom stereocenters. The van der Waals surface area contributed by atoms with Gasteiger partial charge < -0.3 is 15.7 Å². The minimum atomic E-state index is -0.340. The lowest BCUT2D eigenvalue weighted by Crippen LogP contribution is -2.48. The third-order valence-electron chi connectivity index (χ3n) is 4.36. The monoisotopic (exact) mass is 240 g/mol. The molecule has 17 heavy (non-hydrogen) atoms. The number of carbonyl (C=O) groups excluding carboxylic acids is 1. The SMILES string of the molecule is CN(C(=O)C1CCC(N)C1)C1CCCCC1O.